The lowest BCUT2D eigenvalue weighted by Crippen LogP contribution is -2.19. The monoisotopic (exact) mass is 307 g/mol. The van der Waals surface area contributed by atoms with Crippen molar-refractivity contribution in [2.24, 2.45) is 5.10 Å². The van der Waals surface area contributed by atoms with Gasteiger partial charge < -0.3 is 0 Å². The Balaban J connectivity index is 2.13. The Kier molecular flexibility index (Phi) is 4.71. The van der Waals surface area contributed by atoms with Gasteiger partial charge in [0.05, 0.1) is 16.3 Å². The van der Waals surface area contributed by atoms with E-state index in [1.54, 1.807) is 43.5 Å². The van der Waals surface area contributed by atoms with Gasteiger partial charge in [0, 0.05) is 23.0 Å². The number of carbonyl (C=O) groups excluding carboxylic acids is 1. The quantitative estimate of drug-likeness (QED) is 0.696. The zero-order valence-corrected chi connectivity index (χ0v) is 12.1. The molecule has 1 N–H and O–H groups in total. The molecule has 1 aromatic carbocycles. The number of halogens is 2. The van der Waals surface area contributed by atoms with Crippen molar-refractivity contribution in [2.75, 3.05) is 0 Å². The highest BCUT2D eigenvalue weighted by molar-refractivity contribution is 6.37. The first-order valence-corrected chi connectivity index (χ1v) is 6.53. The average molecular weight is 308 g/mol. The molecule has 20 heavy (non-hydrogen) atoms. The number of benzene rings is 1. The highest BCUT2D eigenvalue weighted by Gasteiger charge is 2.07. The van der Waals surface area contributed by atoms with Gasteiger partial charge in [-0.25, -0.2) is 5.43 Å². The van der Waals surface area contributed by atoms with Crippen LogP contribution in [0, 0.1) is 0 Å². The Morgan fingerprint density at radius 3 is 2.75 bits per heavy atom. The summed E-state index contributed by atoms with van der Waals surface area (Å²) in [6.45, 7) is 1.75. The summed E-state index contributed by atoms with van der Waals surface area (Å²) < 4.78 is 0. The number of nitrogens with one attached hydrogen (secondary N) is 1. The summed E-state index contributed by atoms with van der Waals surface area (Å²) in [7, 11) is 0. The molecule has 0 saturated heterocycles. The zero-order chi connectivity index (χ0) is 14.5. The molecule has 0 atom stereocenters. The maximum absolute atomic E-state index is 11.8. The van der Waals surface area contributed by atoms with Gasteiger partial charge in [-0.05, 0) is 31.2 Å². The molecule has 1 aromatic heterocycles. The van der Waals surface area contributed by atoms with Crippen LogP contribution < -0.4 is 5.43 Å². The van der Waals surface area contributed by atoms with Gasteiger partial charge in [-0.1, -0.05) is 29.3 Å². The summed E-state index contributed by atoms with van der Waals surface area (Å²) in [5.74, 6) is -0.331. The fourth-order valence-electron chi connectivity index (χ4n) is 1.54. The van der Waals surface area contributed by atoms with Crippen LogP contribution in [-0.4, -0.2) is 16.6 Å². The van der Waals surface area contributed by atoms with E-state index in [-0.39, 0.29) is 5.91 Å². The minimum absolute atomic E-state index is 0.331. The van der Waals surface area contributed by atoms with E-state index in [1.807, 2.05) is 0 Å². The van der Waals surface area contributed by atoms with Crippen molar-refractivity contribution in [3.05, 3.63) is 63.9 Å². The molecule has 1 heterocycles. The number of carbonyl (C=O) groups is 1. The van der Waals surface area contributed by atoms with E-state index in [0.717, 1.165) is 0 Å². The smallest absolute Gasteiger partial charge is 0.267 e. The number of amides is 1. The van der Waals surface area contributed by atoms with Gasteiger partial charge in [0.1, 0.15) is 0 Å². The molecule has 0 radical (unpaired) electrons. The molecule has 0 aliphatic heterocycles. The number of hydrogen-bond acceptors (Lipinski definition) is 3. The molecule has 0 aliphatic carbocycles. The standard InChI is InChI=1S/C14H11Cl2N3O/c1-9(12-5-4-11(15)7-13(12)16)18-19-14(20)10-3-2-6-17-8-10/h2-8H,1H3,(H,19,20)/b18-9+. The predicted octanol–water partition coefficient (Wildman–Crippen LogP) is 3.54. The summed E-state index contributed by atoms with van der Waals surface area (Å²) in [5, 5.41) is 5.05. The van der Waals surface area contributed by atoms with Gasteiger partial charge in [-0.2, -0.15) is 5.10 Å². The fraction of sp³-hybridized carbons (Fsp3) is 0.0714. The van der Waals surface area contributed by atoms with Crippen LogP contribution in [0.2, 0.25) is 10.0 Å². The van der Waals surface area contributed by atoms with Gasteiger partial charge in [0.2, 0.25) is 0 Å². The lowest BCUT2D eigenvalue weighted by atomic mass is 10.1. The summed E-state index contributed by atoms with van der Waals surface area (Å²) in [5.41, 5.74) is 4.19. The highest BCUT2D eigenvalue weighted by Crippen LogP contribution is 2.21. The minimum Gasteiger partial charge on any atom is -0.267 e. The normalized spacial score (nSPS) is 11.2. The van der Waals surface area contributed by atoms with Crippen molar-refractivity contribution in [2.45, 2.75) is 6.92 Å². The van der Waals surface area contributed by atoms with Gasteiger partial charge in [-0.15, -0.1) is 0 Å². The van der Waals surface area contributed by atoms with Gasteiger partial charge in [0.25, 0.3) is 5.91 Å². The molecular weight excluding hydrogens is 297 g/mol. The Hall–Kier alpha value is -1.91. The second kappa shape index (κ2) is 6.50. The third-order valence-corrected chi connectivity index (χ3v) is 3.12. The zero-order valence-electron chi connectivity index (χ0n) is 10.6. The number of pyridine rings is 1. The second-order valence-electron chi connectivity index (χ2n) is 4.00. The van der Waals surface area contributed by atoms with Crippen molar-refractivity contribution < 1.29 is 4.79 Å². The van der Waals surface area contributed by atoms with Crippen LogP contribution in [0.25, 0.3) is 0 Å². The third-order valence-electron chi connectivity index (χ3n) is 2.57. The number of hydrazone groups is 1. The van der Waals surface area contributed by atoms with E-state index in [2.05, 4.69) is 15.5 Å². The Labute approximate surface area is 126 Å². The number of hydrogen-bond donors (Lipinski definition) is 1. The molecule has 0 bridgehead atoms. The summed E-state index contributed by atoms with van der Waals surface area (Å²) in [4.78, 5) is 15.7. The van der Waals surface area contributed by atoms with Crippen LogP contribution in [0.15, 0.2) is 47.8 Å². The lowest BCUT2D eigenvalue weighted by molar-refractivity contribution is 0.0954. The predicted molar refractivity (Wildman–Crippen MR) is 80.4 cm³/mol. The van der Waals surface area contributed by atoms with Crippen LogP contribution in [0.3, 0.4) is 0 Å². The fourth-order valence-corrected chi connectivity index (χ4v) is 2.08. The molecule has 0 unspecified atom stereocenters. The average Bonchev–Trinajstić information content (AvgIpc) is 2.45. The summed E-state index contributed by atoms with van der Waals surface area (Å²) in [6, 6.07) is 8.43. The van der Waals surface area contributed by atoms with E-state index < -0.39 is 0 Å². The molecule has 1 amide bonds. The molecule has 2 rings (SSSR count). The van der Waals surface area contributed by atoms with E-state index in [0.29, 0.717) is 26.9 Å². The molecule has 2 aromatic rings. The highest BCUT2D eigenvalue weighted by atomic mass is 35.5. The van der Waals surface area contributed by atoms with E-state index >= 15 is 0 Å². The molecular formula is C14H11Cl2N3O. The van der Waals surface area contributed by atoms with Gasteiger partial charge >= 0.3 is 0 Å². The molecule has 102 valence electrons. The summed E-state index contributed by atoms with van der Waals surface area (Å²) >= 11 is 11.9. The molecule has 0 saturated carbocycles. The number of nitrogens with zero attached hydrogens (tertiary/aromatic N) is 2. The Morgan fingerprint density at radius 1 is 1.30 bits per heavy atom. The Bertz CT molecular complexity index is 657. The molecule has 0 spiro atoms. The van der Waals surface area contributed by atoms with Crippen molar-refractivity contribution in [1.29, 1.82) is 0 Å². The molecule has 0 aliphatic rings. The first-order chi connectivity index (χ1) is 9.58. The van der Waals surface area contributed by atoms with E-state index in [9.17, 15) is 4.79 Å². The van der Waals surface area contributed by atoms with Crippen molar-refractivity contribution in [1.82, 2.24) is 10.4 Å². The molecule has 6 heteroatoms. The first kappa shape index (κ1) is 14.5. The number of rotatable bonds is 3. The lowest BCUT2D eigenvalue weighted by Gasteiger charge is -2.05. The molecule has 4 nitrogen and oxygen atoms in total. The van der Waals surface area contributed by atoms with E-state index in [1.165, 1.54) is 6.20 Å². The van der Waals surface area contributed by atoms with Gasteiger partial charge in [-0.3, -0.25) is 9.78 Å². The Morgan fingerprint density at radius 2 is 2.10 bits per heavy atom. The largest absolute Gasteiger partial charge is 0.272 e. The molecule has 0 fully saturated rings. The van der Waals surface area contributed by atoms with Crippen LogP contribution in [0.4, 0.5) is 0 Å². The van der Waals surface area contributed by atoms with Crippen LogP contribution >= 0.6 is 23.2 Å². The van der Waals surface area contributed by atoms with Crippen LogP contribution in [-0.2, 0) is 0 Å². The first-order valence-electron chi connectivity index (χ1n) is 5.78. The maximum atomic E-state index is 11.8. The van der Waals surface area contributed by atoms with Crippen molar-refractivity contribution in [3.8, 4) is 0 Å². The second-order valence-corrected chi connectivity index (χ2v) is 4.85. The third kappa shape index (κ3) is 3.56. The maximum Gasteiger partial charge on any atom is 0.272 e. The summed E-state index contributed by atoms with van der Waals surface area (Å²) in [6.07, 6.45) is 3.06. The van der Waals surface area contributed by atoms with Crippen LogP contribution in [0.5, 0.6) is 0 Å². The van der Waals surface area contributed by atoms with Crippen molar-refractivity contribution in [3.63, 3.8) is 0 Å². The topological polar surface area (TPSA) is 54.4 Å². The van der Waals surface area contributed by atoms with Crippen LogP contribution in [0.1, 0.15) is 22.8 Å². The number of aromatic nitrogens is 1. The minimum atomic E-state index is -0.331. The SMILES string of the molecule is C/C(=N\NC(=O)c1cccnc1)c1ccc(Cl)cc1Cl. The van der Waals surface area contributed by atoms with Gasteiger partial charge in [0.15, 0.2) is 0 Å². The van der Waals surface area contributed by atoms with Crippen molar-refractivity contribution >= 4 is 34.8 Å². The van der Waals surface area contributed by atoms with E-state index in [4.69, 9.17) is 23.2 Å².